The largest absolute Gasteiger partial charge is 0.489 e. The number of halogens is 3. The molecule has 0 aromatic heterocycles. The second kappa shape index (κ2) is 10.8. The van der Waals surface area contributed by atoms with E-state index in [0.717, 1.165) is 17.7 Å². The van der Waals surface area contributed by atoms with Crippen LogP contribution in [0.15, 0.2) is 66.2 Å². The van der Waals surface area contributed by atoms with Crippen molar-refractivity contribution in [2.45, 2.75) is 6.61 Å². The molecule has 3 rings (SSSR count). The fourth-order valence-electron chi connectivity index (χ4n) is 2.75. The van der Waals surface area contributed by atoms with Gasteiger partial charge in [0.25, 0.3) is 11.6 Å². The van der Waals surface area contributed by atoms with Crippen molar-refractivity contribution in [2.24, 2.45) is 0 Å². The van der Waals surface area contributed by atoms with Crippen molar-refractivity contribution in [3.63, 3.8) is 0 Å². The van der Waals surface area contributed by atoms with E-state index in [2.05, 4.69) is 5.32 Å². The predicted octanol–water partition coefficient (Wildman–Crippen LogP) is 6.68. The zero-order valence-electron chi connectivity index (χ0n) is 16.7. The summed E-state index contributed by atoms with van der Waals surface area (Å²) in [4.78, 5) is 22.8. The van der Waals surface area contributed by atoms with E-state index in [1.165, 1.54) is 6.08 Å². The molecule has 0 aliphatic heterocycles. The molecule has 0 aliphatic rings. The van der Waals surface area contributed by atoms with Gasteiger partial charge in [0.1, 0.15) is 24.0 Å². The van der Waals surface area contributed by atoms with Gasteiger partial charge < -0.3 is 10.1 Å². The second-order valence-electron chi connectivity index (χ2n) is 6.62. The van der Waals surface area contributed by atoms with Crippen LogP contribution in [-0.2, 0) is 11.4 Å². The lowest BCUT2D eigenvalue weighted by Gasteiger charge is -2.10. The lowest BCUT2D eigenvalue weighted by atomic mass is 10.1. The van der Waals surface area contributed by atoms with E-state index < -0.39 is 10.8 Å². The van der Waals surface area contributed by atoms with Crippen molar-refractivity contribution >= 4 is 58.2 Å². The van der Waals surface area contributed by atoms with Crippen molar-refractivity contribution < 1.29 is 14.5 Å². The van der Waals surface area contributed by atoms with Gasteiger partial charge in [0, 0.05) is 22.7 Å². The number of amides is 1. The summed E-state index contributed by atoms with van der Waals surface area (Å²) in [5.41, 5.74) is 0.761. The second-order valence-corrected chi connectivity index (χ2v) is 7.84. The van der Waals surface area contributed by atoms with Gasteiger partial charge in [-0.3, -0.25) is 14.9 Å². The Morgan fingerprint density at radius 1 is 1.06 bits per heavy atom. The molecule has 0 aliphatic carbocycles. The predicted molar refractivity (Wildman–Crippen MR) is 128 cm³/mol. The molecule has 166 valence electrons. The molecule has 1 amide bonds. The quantitative estimate of drug-likeness (QED) is 0.168. The molecule has 0 saturated carbocycles. The molecule has 3 aromatic carbocycles. The van der Waals surface area contributed by atoms with E-state index >= 15 is 0 Å². The van der Waals surface area contributed by atoms with Gasteiger partial charge in [-0.15, -0.1) is 0 Å². The number of rotatable bonds is 7. The molecule has 0 heterocycles. The number of ether oxygens (including phenoxy) is 1. The number of nitro groups is 1. The third kappa shape index (κ3) is 6.24. The highest BCUT2D eigenvalue weighted by Gasteiger charge is 2.18. The first-order valence-corrected chi connectivity index (χ1v) is 10.4. The molecule has 3 aromatic rings. The van der Waals surface area contributed by atoms with Crippen LogP contribution in [0.5, 0.6) is 5.75 Å². The molecular formula is C23H14Cl3N3O4. The van der Waals surface area contributed by atoms with Crippen LogP contribution < -0.4 is 10.1 Å². The Morgan fingerprint density at radius 2 is 1.76 bits per heavy atom. The first-order valence-electron chi connectivity index (χ1n) is 9.31. The average Bonchev–Trinajstić information content (AvgIpc) is 2.79. The Labute approximate surface area is 203 Å². The van der Waals surface area contributed by atoms with Gasteiger partial charge in [0.2, 0.25) is 0 Å². The Bertz CT molecular complexity index is 1280. The number of carbonyl (C=O) groups is 1. The number of benzene rings is 3. The minimum absolute atomic E-state index is 0.0353. The van der Waals surface area contributed by atoms with E-state index in [4.69, 9.17) is 39.5 Å². The van der Waals surface area contributed by atoms with Gasteiger partial charge in [-0.1, -0.05) is 65.1 Å². The Morgan fingerprint density at radius 3 is 2.39 bits per heavy atom. The fraction of sp³-hybridized carbons (Fsp3) is 0.0435. The number of nitrogens with zero attached hydrogens (tertiary/aromatic N) is 2. The zero-order chi connectivity index (χ0) is 24.0. The van der Waals surface area contributed by atoms with Crippen LogP contribution >= 0.6 is 34.8 Å². The van der Waals surface area contributed by atoms with Gasteiger partial charge in [-0.05, 0) is 29.8 Å². The highest BCUT2D eigenvalue weighted by atomic mass is 35.5. The number of nitriles is 1. The maximum atomic E-state index is 12.6. The molecule has 33 heavy (non-hydrogen) atoms. The van der Waals surface area contributed by atoms with Crippen LogP contribution in [0.2, 0.25) is 15.1 Å². The van der Waals surface area contributed by atoms with E-state index in [0.29, 0.717) is 16.3 Å². The van der Waals surface area contributed by atoms with Crippen molar-refractivity contribution in [2.75, 3.05) is 5.32 Å². The van der Waals surface area contributed by atoms with Crippen molar-refractivity contribution in [1.29, 1.82) is 5.26 Å². The highest BCUT2D eigenvalue weighted by Crippen LogP contribution is 2.35. The third-order valence-electron chi connectivity index (χ3n) is 4.36. The van der Waals surface area contributed by atoms with E-state index in [1.807, 2.05) is 24.3 Å². The van der Waals surface area contributed by atoms with Crippen LogP contribution in [0.25, 0.3) is 6.08 Å². The summed E-state index contributed by atoms with van der Waals surface area (Å²) in [5.74, 6) is -0.264. The number of nitrogens with one attached hydrogen (secondary N) is 1. The minimum Gasteiger partial charge on any atom is -0.489 e. The molecule has 0 bridgehead atoms. The van der Waals surface area contributed by atoms with Crippen molar-refractivity contribution in [3.05, 3.63) is 103 Å². The maximum absolute atomic E-state index is 12.6. The van der Waals surface area contributed by atoms with Crippen LogP contribution in [0, 0.1) is 21.4 Å². The minimum atomic E-state index is -0.780. The molecule has 1 N–H and O–H groups in total. The molecular weight excluding hydrogens is 489 g/mol. The summed E-state index contributed by atoms with van der Waals surface area (Å²) >= 11 is 18.2. The number of hydrogen-bond acceptors (Lipinski definition) is 5. The summed E-state index contributed by atoms with van der Waals surface area (Å²) in [6, 6.07) is 18.0. The van der Waals surface area contributed by atoms with Gasteiger partial charge >= 0.3 is 0 Å². The molecule has 0 unspecified atom stereocenters. The molecule has 0 spiro atoms. The maximum Gasteiger partial charge on any atom is 0.272 e. The number of anilines is 1. The Kier molecular flexibility index (Phi) is 7.91. The van der Waals surface area contributed by atoms with E-state index in [9.17, 15) is 20.2 Å². The summed E-state index contributed by atoms with van der Waals surface area (Å²) in [6.07, 6.45) is 1.37. The summed E-state index contributed by atoms with van der Waals surface area (Å²) in [5, 5.41) is 23.1. The summed E-state index contributed by atoms with van der Waals surface area (Å²) in [7, 11) is 0. The Balaban J connectivity index is 1.77. The number of nitro benzene ring substituents is 1. The zero-order valence-corrected chi connectivity index (χ0v) is 19.0. The van der Waals surface area contributed by atoms with Crippen LogP contribution in [-0.4, -0.2) is 10.8 Å². The van der Waals surface area contributed by atoms with E-state index in [-0.39, 0.29) is 33.6 Å². The third-order valence-corrected chi connectivity index (χ3v) is 5.33. The number of non-ortho nitro benzene ring substituents is 1. The SMILES string of the molecule is N#C/C(=C\c1cccc(OCc2ccccc2Cl)c1)C(=O)Nc1c(Cl)cc([N+](=O)[O-])cc1Cl. The summed E-state index contributed by atoms with van der Waals surface area (Å²) in [6.45, 7) is 0.246. The van der Waals surface area contributed by atoms with Crippen LogP contribution in [0.4, 0.5) is 11.4 Å². The normalized spacial score (nSPS) is 10.9. The molecule has 0 saturated heterocycles. The fourth-order valence-corrected chi connectivity index (χ4v) is 3.51. The van der Waals surface area contributed by atoms with Crippen LogP contribution in [0.3, 0.4) is 0 Å². The smallest absolute Gasteiger partial charge is 0.272 e. The summed E-state index contributed by atoms with van der Waals surface area (Å²) < 4.78 is 5.76. The van der Waals surface area contributed by atoms with Gasteiger partial charge in [-0.25, -0.2) is 0 Å². The van der Waals surface area contributed by atoms with Crippen molar-refractivity contribution in [1.82, 2.24) is 0 Å². The standard InChI is InChI=1S/C23H14Cl3N3O4/c24-19-7-2-1-5-15(19)13-33-18-6-3-4-14(9-18)8-16(12-27)23(30)28-22-20(25)10-17(29(31)32)11-21(22)26/h1-11H,13H2,(H,28,30)/b16-8+. The highest BCUT2D eigenvalue weighted by molar-refractivity contribution is 6.40. The van der Waals surface area contributed by atoms with Gasteiger partial charge in [0.15, 0.2) is 0 Å². The average molecular weight is 503 g/mol. The van der Waals surface area contributed by atoms with E-state index in [1.54, 1.807) is 30.3 Å². The van der Waals surface area contributed by atoms with Gasteiger partial charge in [-0.2, -0.15) is 5.26 Å². The molecule has 10 heteroatoms. The molecule has 7 nitrogen and oxygen atoms in total. The Hall–Kier alpha value is -3.57. The monoisotopic (exact) mass is 501 g/mol. The van der Waals surface area contributed by atoms with Crippen molar-refractivity contribution in [3.8, 4) is 11.8 Å². The molecule has 0 fully saturated rings. The lowest BCUT2D eigenvalue weighted by molar-refractivity contribution is -0.384. The number of carbonyl (C=O) groups excluding carboxylic acids is 1. The first-order chi connectivity index (χ1) is 15.8. The topological polar surface area (TPSA) is 105 Å². The number of hydrogen-bond donors (Lipinski definition) is 1. The molecule has 0 radical (unpaired) electrons. The molecule has 0 atom stereocenters. The van der Waals surface area contributed by atoms with Crippen LogP contribution in [0.1, 0.15) is 11.1 Å². The first kappa shape index (κ1) is 24.1. The lowest BCUT2D eigenvalue weighted by Crippen LogP contribution is -2.14. The van der Waals surface area contributed by atoms with Gasteiger partial charge in [0.05, 0.1) is 20.7 Å².